The van der Waals surface area contributed by atoms with Crippen molar-refractivity contribution in [2.45, 2.75) is 45.4 Å². The van der Waals surface area contributed by atoms with Crippen LogP contribution < -0.4 is 5.32 Å². The Kier molecular flexibility index (Phi) is 4.28. The molecule has 1 amide bonds. The molecule has 3 nitrogen and oxygen atoms in total. The Bertz CT molecular complexity index is 625. The topological polar surface area (TPSA) is 42.2 Å². The largest absolute Gasteiger partial charge is 0.464 e. The van der Waals surface area contributed by atoms with Crippen LogP contribution in [0.4, 0.5) is 0 Å². The lowest BCUT2D eigenvalue weighted by Gasteiger charge is -2.04. The maximum absolute atomic E-state index is 11.5. The highest BCUT2D eigenvalue weighted by atomic mass is 16.3. The predicted molar refractivity (Wildman–Crippen MR) is 84.3 cm³/mol. The molecule has 1 aliphatic rings. The third-order valence-electron chi connectivity index (χ3n) is 4.13. The van der Waals surface area contributed by atoms with Gasteiger partial charge in [0.25, 0.3) is 0 Å². The maximum Gasteiger partial charge on any atom is 0.219 e. The van der Waals surface area contributed by atoms with Gasteiger partial charge in [0.15, 0.2) is 0 Å². The van der Waals surface area contributed by atoms with E-state index in [0.717, 1.165) is 24.3 Å². The average Bonchev–Trinajstić information content (AvgIpc) is 3.19. The molecule has 0 spiro atoms. The molecule has 1 aromatic heterocycles. The summed E-state index contributed by atoms with van der Waals surface area (Å²) < 4.78 is 5.62. The molecule has 0 aliphatic heterocycles. The van der Waals surface area contributed by atoms with E-state index < -0.39 is 0 Å². The van der Waals surface area contributed by atoms with Crippen molar-refractivity contribution in [2.75, 3.05) is 6.54 Å². The zero-order valence-electron chi connectivity index (χ0n) is 12.7. The molecule has 21 heavy (non-hydrogen) atoms. The van der Waals surface area contributed by atoms with Crippen molar-refractivity contribution in [3.63, 3.8) is 0 Å². The second kappa shape index (κ2) is 6.33. The molecule has 1 aliphatic carbocycles. The number of carbonyl (C=O) groups excluding carboxylic acids is 1. The lowest BCUT2D eigenvalue weighted by atomic mass is 10.0. The lowest BCUT2D eigenvalue weighted by molar-refractivity contribution is -0.121. The van der Waals surface area contributed by atoms with Crippen molar-refractivity contribution < 1.29 is 9.21 Å². The van der Waals surface area contributed by atoms with Crippen LogP contribution in [-0.2, 0) is 17.6 Å². The number of amides is 1. The van der Waals surface area contributed by atoms with Gasteiger partial charge in [-0.1, -0.05) is 13.0 Å². The predicted octanol–water partition coefficient (Wildman–Crippen LogP) is 3.84. The minimum atomic E-state index is 0.139. The van der Waals surface area contributed by atoms with Crippen LogP contribution in [0, 0.1) is 5.92 Å². The SMILES string of the molecule is CCCC(=O)NCCc1coc2ccc(CC3CC3)cc12. The highest BCUT2D eigenvalue weighted by Gasteiger charge is 2.21. The van der Waals surface area contributed by atoms with Gasteiger partial charge in [-0.25, -0.2) is 0 Å². The molecule has 0 atom stereocenters. The van der Waals surface area contributed by atoms with Gasteiger partial charge in [0.1, 0.15) is 5.58 Å². The van der Waals surface area contributed by atoms with Crippen molar-refractivity contribution >= 4 is 16.9 Å². The summed E-state index contributed by atoms with van der Waals surface area (Å²) in [6.07, 6.45) is 8.10. The van der Waals surface area contributed by atoms with E-state index in [0.29, 0.717) is 13.0 Å². The number of fused-ring (bicyclic) bond motifs is 1. The van der Waals surface area contributed by atoms with Crippen LogP contribution >= 0.6 is 0 Å². The van der Waals surface area contributed by atoms with E-state index >= 15 is 0 Å². The van der Waals surface area contributed by atoms with E-state index in [-0.39, 0.29) is 5.91 Å². The summed E-state index contributed by atoms with van der Waals surface area (Å²) in [7, 11) is 0. The standard InChI is InChI=1S/C18H23NO2/c1-2-3-18(20)19-9-8-15-12-21-17-7-6-14(11-16(15)17)10-13-4-5-13/h6-7,11-13H,2-5,8-10H2,1H3,(H,19,20). The van der Waals surface area contributed by atoms with Crippen LogP contribution in [0.15, 0.2) is 28.9 Å². The Morgan fingerprint density at radius 3 is 3.00 bits per heavy atom. The summed E-state index contributed by atoms with van der Waals surface area (Å²) in [5.41, 5.74) is 3.55. The van der Waals surface area contributed by atoms with E-state index in [1.807, 2.05) is 13.2 Å². The number of hydrogen-bond acceptors (Lipinski definition) is 2. The lowest BCUT2D eigenvalue weighted by Crippen LogP contribution is -2.25. The van der Waals surface area contributed by atoms with Gasteiger partial charge in [0.2, 0.25) is 5.91 Å². The van der Waals surface area contributed by atoms with Crippen molar-refractivity contribution in [3.8, 4) is 0 Å². The van der Waals surface area contributed by atoms with Crippen LogP contribution in [0.3, 0.4) is 0 Å². The third-order valence-corrected chi connectivity index (χ3v) is 4.13. The zero-order chi connectivity index (χ0) is 14.7. The number of furan rings is 1. The van der Waals surface area contributed by atoms with Crippen molar-refractivity contribution in [1.82, 2.24) is 5.32 Å². The summed E-state index contributed by atoms with van der Waals surface area (Å²) in [5, 5.41) is 4.17. The monoisotopic (exact) mass is 285 g/mol. The van der Waals surface area contributed by atoms with Gasteiger partial charge >= 0.3 is 0 Å². The van der Waals surface area contributed by atoms with Crippen LogP contribution in [0.25, 0.3) is 11.0 Å². The number of carbonyl (C=O) groups is 1. The maximum atomic E-state index is 11.5. The summed E-state index contributed by atoms with van der Waals surface area (Å²) in [5.74, 6) is 1.03. The Morgan fingerprint density at radius 1 is 1.38 bits per heavy atom. The molecule has 0 saturated heterocycles. The molecule has 0 unspecified atom stereocenters. The fourth-order valence-electron chi connectivity index (χ4n) is 2.76. The third kappa shape index (κ3) is 3.66. The highest BCUT2D eigenvalue weighted by molar-refractivity contribution is 5.82. The van der Waals surface area contributed by atoms with Crippen LogP contribution in [0.5, 0.6) is 0 Å². The van der Waals surface area contributed by atoms with Crippen LogP contribution in [0.1, 0.15) is 43.7 Å². The van der Waals surface area contributed by atoms with Crippen molar-refractivity contribution in [1.29, 1.82) is 0 Å². The first kappa shape index (κ1) is 14.2. The Morgan fingerprint density at radius 2 is 2.24 bits per heavy atom. The number of benzene rings is 1. The Labute approximate surface area is 125 Å². The van der Waals surface area contributed by atoms with E-state index in [1.54, 1.807) is 0 Å². The Hall–Kier alpha value is -1.77. The van der Waals surface area contributed by atoms with Crippen molar-refractivity contribution in [3.05, 3.63) is 35.6 Å². The first-order valence-electron chi connectivity index (χ1n) is 8.02. The first-order chi connectivity index (χ1) is 10.3. The fraction of sp³-hybridized carbons (Fsp3) is 0.500. The molecule has 3 rings (SSSR count). The molecule has 1 N–H and O–H groups in total. The van der Waals surface area contributed by atoms with E-state index in [2.05, 4.69) is 23.5 Å². The van der Waals surface area contributed by atoms with E-state index in [1.165, 1.54) is 35.8 Å². The van der Waals surface area contributed by atoms with Gasteiger partial charge in [0.05, 0.1) is 6.26 Å². The second-order valence-corrected chi connectivity index (χ2v) is 6.09. The van der Waals surface area contributed by atoms with Crippen LogP contribution in [-0.4, -0.2) is 12.5 Å². The quantitative estimate of drug-likeness (QED) is 0.839. The minimum absolute atomic E-state index is 0.139. The highest BCUT2D eigenvalue weighted by Crippen LogP contribution is 2.33. The number of hydrogen-bond donors (Lipinski definition) is 1. The van der Waals surface area contributed by atoms with Gasteiger partial charge in [-0.2, -0.15) is 0 Å². The van der Waals surface area contributed by atoms with Gasteiger partial charge in [-0.15, -0.1) is 0 Å². The Balaban J connectivity index is 1.65. The molecule has 112 valence electrons. The summed E-state index contributed by atoms with van der Waals surface area (Å²) >= 11 is 0. The van der Waals surface area contributed by atoms with E-state index in [4.69, 9.17) is 4.42 Å². The summed E-state index contributed by atoms with van der Waals surface area (Å²) in [6.45, 7) is 2.70. The molecule has 1 aromatic carbocycles. The van der Waals surface area contributed by atoms with Gasteiger partial charge in [-0.3, -0.25) is 4.79 Å². The molecule has 2 aromatic rings. The van der Waals surface area contributed by atoms with Crippen molar-refractivity contribution in [2.24, 2.45) is 5.92 Å². The normalized spacial score (nSPS) is 14.5. The molecule has 1 saturated carbocycles. The molecule has 0 bridgehead atoms. The summed E-state index contributed by atoms with van der Waals surface area (Å²) in [4.78, 5) is 11.5. The fourth-order valence-corrected chi connectivity index (χ4v) is 2.76. The van der Waals surface area contributed by atoms with Gasteiger partial charge in [0, 0.05) is 18.4 Å². The molecular weight excluding hydrogens is 262 g/mol. The molecule has 1 fully saturated rings. The molecular formula is C18H23NO2. The van der Waals surface area contributed by atoms with Gasteiger partial charge < -0.3 is 9.73 Å². The first-order valence-corrected chi connectivity index (χ1v) is 8.02. The average molecular weight is 285 g/mol. The number of rotatable bonds is 7. The van der Waals surface area contributed by atoms with Crippen LogP contribution in [0.2, 0.25) is 0 Å². The molecule has 0 radical (unpaired) electrons. The molecule has 3 heteroatoms. The zero-order valence-corrected chi connectivity index (χ0v) is 12.7. The second-order valence-electron chi connectivity index (χ2n) is 6.09. The van der Waals surface area contributed by atoms with E-state index in [9.17, 15) is 4.79 Å². The smallest absolute Gasteiger partial charge is 0.219 e. The van der Waals surface area contributed by atoms with Gasteiger partial charge in [-0.05, 0) is 61.3 Å². The minimum Gasteiger partial charge on any atom is -0.464 e. The summed E-state index contributed by atoms with van der Waals surface area (Å²) in [6, 6.07) is 6.52. The number of nitrogens with one attached hydrogen (secondary N) is 1. The molecule has 1 heterocycles.